The van der Waals surface area contributed by atoms with E-state index >= 15 is 0 Å². The summed E-state index contributed by atoms with van der Waals surface area (Å²) in [6, 6.07) is 2.56. The number of nitrogens with one attached hydrogen (secondary N) is 2. The Balaban J connectivity index is 2.83. The van der Waals surface area contributed by atoms with E-state index in [4.69, 9.17) is 22.0 Å². The summed E-state index contributed by atoms with van der Waals surface area (Å²) in [4.78, 5) is 23.1. The van der Waals surface area contributed by atoms with E-state index in [0.29, 0.717) is 0 Å². The van der Waals surface area contributed by atoms with Crippen LogP contribution in [0.4, 0.5) is 0 Å². The number of carbonyl (C=O) groups is 2. The van der Waals surface area contributed by atoms with E-state index in [-0.39, 0.29) is 9.75 Å². The summed E-state index contributed by atoms with van der Waals surface area (Å²) in [7, 11) is -7.43. The molecule has 0 atom stereocenters. The van der Waals surface area contributed by atoms with Crippen LogP contribution in [-0.2, 0) is 9.13 Å². The van der Waals surface area contributed by atoms with Gasteiger partial charge in [-0.3, -0.25) is 50.9 Å². The van der Waals surface area contributed by atoms with Gasteiger partial charge in [0, 0.05) is 0 Å². The highest BCUT2D eigenvalue weighted by Gasteiger charge is 2.20. The van der Waals surface area contributed by atoms with E-state index in [1.807, 2.05) is 10.2 Å². The molecule has 0 unspecified atom stereocenters. The smallest absolute Gasteiger partial charge is 0.279 e. The van der Waals surface area contributed by atoms with Gasteiger partial charge in [-0.25, -0.2) is 0 Å². The lowest BCUT2D eigenvalue weighted by Crippen LogP contribution is -2.28. The van der Waals surface area contributed by atoms with Gasteiger partial charge in [0.15, 0.2) is 0 Å². The molecule has 13 heteroatoms. The van der Waals surface area contributed by atoms with Crippen molar-refractivity contribution in [1.29, 1.82) is 0 Å². The lowest BCUT2D eigenvalue weighted by molar-refractivity contribution is 0.0976. The van der Waals surface area contributed by atoms with Crippen LogP contribution in [-0.4, -0.2) is 11.8 Å². The first-order chi connectivity index (χ1) is 8.48. The van der Waals surface area contributed by atoms with Gasteiger partial charge in [0.05, 0.1) is 9.75 Å². The van der Waals surface area contributed by atoms with Gasteiger partial charge < -0.3 is 0 Å². The molecule has 0 spiro atoms. The standard InChI is InChI=1S/C6H12N6O4P2S/c7-17(8,15)11-5(13)3-1-2-4(19-3)6(14)12-18(9,10)16/h1-2H,(H5,7,8,11,13,15)(H5,9,10,12,14,16). The number of nitrogens with two attached hydrogens (primary N) is 4. The van der Waals surface area contributed by atoms with E-state index in [2.05, 4.69) is 0 Å². The van der Waals surface area contributed by atoms with Gasteiger partial charge >= 0.3 is 15.2 Å². The fraction of sp³-hybridized carbons (Fsp3) is 0. The van der Waals surface area contributed by atoms with Gasteiger partial charge in [-0.15, -0.1) is 11.3 Å². The molecule has 2 amide bonds. The minimum absolute atomic E-state index is 0.0464. The molecule has 0 radical (unpaired) electrons. The average molecular weight is 326 g/mol. The van der Waals surface area contributed by atoms with Crippen LogP contribution in [0.3, 0.4) is 0 Å². The zero-order valence-electron chi connectivity index (χ0n) is 9.40. The summed E-state index contributed by atoms with van der Waals surface area (Å²) in [5.41, 5.74) is 19.9. The third-order valence-corrected chi connectivity index (χ3v) is 3.79. The summed E-state index contributed by atoms with van der Waals surface area (Å²) < 4.78 is 22.0. The van der Waals surface area contributed by atoms with E-state index in [1.54, 1.807) is 0 Å². The SMILES string of the molecule is NP(N)(=O)NC(=O)c1ccc(C(=O)NP(N)(N)=O)s1. The topological polar surface area (TPSA) is 196 Å². The Bertz CT molecular complexity index is 552. The number of thiophene rings is 1. The third kappa shape index (κ3) is 5.62. The summed E-state index contributed by atoms with van der Waals surface area (Å²) in [5.74, 6) is -1.58. The Morgan fingerprint density at radius 2 is 1.21 bits per heavy atom. The Morgan fingerprint density at radius 3 is 1.47 bits per heavy atom. The normalized spacial score (nSPS) is 12.0. The number of rotatable bonds is 4. The predicted molar refractivity (Wildman–Crippen MR) is 71.2 cm³/mol. The molecule has 0 aliphatic rings. The first-order valence-corrected chi connectivity index (χ1v) is 9.08. The van der Waals surface area contributed by atoms with Gasteiger partial charge in [0.1, 0.15) is 0 Å². The molecule has 1 aromatic rings. The molecule has 1 rings (SSSR count). The second-order valence-electron chi connectivity index (χ2n) is 3.46. The molecule has 0 saturated carbocycles. The molecule has 0 aliphatic carbocycles. The highest BCUT2D eigenvalue weighted by atomic mass is 32.1. The highest BCUT2D eigenvalue weighted by Crippen LogP contribution is 2.24. The largest absolute Gasteiger partial charge is 0.300 e. The predicted octanol–water partition coefficient (Wildman–Crippen LogP) is -0.741. The van der Waals surface area contributed by atoms with E-state index in [0.717, 1.165) is 11.3 Å². The van der Waals surface area contributed by atoms with Gasteiger partial charge in [0.25, 0.3) is 11.8 Å². The number of amides is 2. The van der Waals surface area contributed by atoms with Crippen LogP contribution in [0.2, 0.25) is 0 Å². The van der Waals surface area contributed by atoms with Crippen LogP contribution in [0.5, 0.6) is 0 Å². The molecule has 0 bridgehead atoms. The molecule has 0 aliphatic heterocycles. The number of carbonyl (C=O) groups excluding carboxylic acids is 2. The fourth-order valence-corrected chi connectivity index (χ4v) is 2.83. The summed E-state index contributed by atoms with van der Waals surface area (Å²) in [6.45, 7) is 0. The number of hydrogen-bond acceptors (Lipinski definition) is 5. The van der Waals surface area contributed by atoms with Crippen LogP contribution in [0.1, 0.15) is 19.3 Å². The number of hydrogen-bond donors (Lipinski definition) is 6. The lowest BCUT2D eigenvalue weighted by Gasteiger charge is -2.07. The maximum Gasteiger partial charge on any atom is 0.300 e. The maximum atomic E-state index is 11.5. The molecular weight excluding hydrogens is 314 g/mol. The van der Waals surface area contributed by atoms with Crippen LogP contribution in [0.15, 0.2) is 12.1 Å². The van der Waals surface area contributed by atoms with Crippen LogP contribution < -0.4 is 32.2 Å². The van der Waals surface area contributed by atoms with Crippen LogP contribution >= 0.6 is 26.5 Å². The lowest BCUT2D eigenvalue weighted by atomic mass is 10.4. The van der Waals surface area contributed by atoms with Crippen molar-refractivity contribution >= 4 is 38.3 Å². The van der Waals surface area contributed by atoms with Crippen molar-refractivity contribution < 1.29 is 18.7 Å². The summed E-state index contributed by atoms with van der Waals surface area (Å²) in [5, 5.41) is 3.77. The van der Waals surface area contributed by atoms with Gasteiger partial charge in [-0.2, -0.15) is 0 Å². The Morgan fingerprint density at radius 1 is 0.895 bits per heavy atom. The second-order valence-corrected chi connectivity index (χ2v) is 7.83. The Hall–Kier alpha value is -1.06. The Labute approximate surface area is 112 Å². The van der Waals surface area contributed by atoms with Crippen molar-refractivity contribution in [2.24, 2.45) is 22.0 Å². The first kappa shape index (κ1) is 16.0. The summed E-state index contributed by atoms with van der Waals surface area (Å²) in [6.07, 6.45) is 0. The highest BCUT2D eigenvalue weighted by molar-refractivity contribution is 7.58. The van der Waals surface area contributed by atoms with Crippen LogP contribution in [0, 0.1) is 0 Å². The van der Waals surface area contributed by atoms with E-state index in [9.17, 15) is 18.7 Å². The molecule has 0 fully saturated rings. The van der Waals surface area contributed by atoms with Gasteiger partial charge in [-0.1, -0.05) is 0 Å². The molecular formula is C6H12N6O4P2S. The minimum Gasteiger partial charge on any atom is -0.279 e. The average Bonchev–Trinajstić information content (AvgIpc) is 2.60. The maximum absolute atomic E-state index is 11.5. The second kappa shape index (κ2) is 5.51. The monoisotopic (exact) mass is 326 g/mol. The Kier molecular flexibility index (Phi) is 4.64. The third-order valence-electron chi connectivity index (χ3n) is 1.61. The quantitative estimate of drug-likeness (QED) is 0.389. The van der Waals surface area contributed by atoms with Crippen molar-refractivity contribution in [1.82, 2.24) is 10.2 Å². The molecule has 106 valence electrons. The summed E-state index contributed by atoms with van der Waals surface area (Å²) >= 11 is 0.742. The molecule has 19 heavy (non-hydrogen) atoms. The van der Waals surface area contributed by atoms with Crippen LogP contribution in [0.25, 0.3) is 0 Å². The van der Waals surface area contributed by atoms with Crippen molar-refractivity contribution in [3.63, 3.8) is 0 Å². The van der Waals surface area contributed by atoms with Crippen molar-refractivity contribution in [3.05, 3.63) is 21.9 Å². The van der Waals surface area contributed by atoms with Crippen molar-refractivity contribution in [2.45, 2.75) is 0 Å². The minimum atomic E-state index is -3.71. The molecule has 0 saturated heterocycles. The zero-order chi connectivity index (χ0) is 14.8. The van der Waals surface area contributed by atoms with Crippen molar-refractivity contribution in [3.8, 4) is 0 Å². The molecule has 1 heterocycles. The van der Waals surface area contributed by atoms with Crippen molar-refractivity contribution in [2.75, 3.05) is 0 Å². The van der Waals surface area contributed by atoms with Gasteiger partial charge in [0.2, 0.25) is 0 Å². The van der Waals surface area contributed by atoms with E-state index < -0.39 is 27.0 Å². The first-order valence-electron chi connectivity index (χ1n) is 4.57. The molecule has 1 aromatic heterocycles. The zero-order valence-corrected chi connectivity index (χ0v) is 12.0. The van der Waals surface area contributed by atoms with E-state index in [1.165, 1.54) is 12.1 Å². The fourth-order valence-electron chi connectivity index (χ4n) is 1.01. The molecule has 10 nitrogen and oxygen atoms in total. The molecule has 0 aromatic carbocycles. The molecule has 10 N–H and O–H groups in total. The van der Waals surface area contributed by atoms with Gasteiger partial charge in [-0.05, 0) is 12.1 Å².